The van der Waals surface area contributed by atoms with Crippen LogP contribution in [0.4, 0.5) is 11.4 Å². The van der Waals surface area contributed by atoms with E-state index in [1.54, 1.807) is 0 Å². The third-order valence-corrected chi connectivity index (χ3v) is 11.7. The molecule has 0 spiro atoms. The summed E-state index contributed by atoms with van der Waals surface area (Å²) in [6.07, 6.45) is 0. The molecule has 0 bridgehead atoms. The number of rotatable bonds is 6. The third kappa shape index (κ3) is 5.20. The molecule has 3 heterocycles. The molecular formula is C50H32N4S. The van der Waals surface area contributed by atoms with Crippen molar-refractivity contribution in [1.82, 2.24) is 14.5 Å². The number of anilines is 2. The van der Waals surface area contributed by atoms with E-state index in [-0.39, 0.29) is 0 Å². The standard InChI is InChI=1S/C50H32N4S/c1-4-14-32(15-5-1)33-24-26-36(27-25-33)51-41-29-31-43-46(45(41)34-16-6-2-7-17-34)47-44(55-43)30-28-38-37-20-11-13-23-42(37)54(49(38)47)50-52-40-22-12-10-21-39(40)48(53-50)35-18-8-3-9-19-35/h1-31,51H. The summed E-state index contributed by atoms with van der Waals surface area (Å²) in [7, 11) is 0. The van der Waals surface area contributed by atoms with Gasteiger partial charge in [-0.1, -0.05) is 146 Å². The van der Waals surface area contributed by atoms with Crippen LogP contribution < -0.4 is 5.32 Å². The first-order valence-corrected chi connectivity index (χ1v) is 19.3. The van der Waals surface area contributed by atoms with Gasteiger partial charge < -0.3 is 5.32 Å². The summed E-state index contributed by atoms with van der Waals surface area (Å²) in [6, 6.07) is 66.5. The maximum Gasteiger partial charge on any atom is 0.235 e. The summed E-state index contributed by atoms with van der Waals surface area (Å²) < 4.78 is 4.75. The predicted molar refractivity (Wildman–Crippen MR) is 233 cm³/mol. The average Bonchev–Trinajstić information content (AvgIpc) is 3.80. The minimum absolute atomic E-state index is 0.657. The first-order valence-electron chi connectivity index (χ1n) is 18.5. The summed E-state index contributed by atoms with van der Waals surface area (Å²) in [5, 5.41) is 9.64. The van der Waals surface area contributed by atoms with Gasteiger partial charge in [-0.05, 0) is 59.2 Å². The van der Waals surface area contributed by atoms with Crippen LogP contribution in [0.15, 0.2) is 188 Å². The van der Waals surface area contributed by atoms with Gasteiger partial charge in [0.05, 0.1) is 22.2 Å². The largest absolute Gasteiger partial charge is 0.355 e. The molecule has 0 aliphatic rings. The van der Waals surface area contributed by atoms with E-state index in [4.69, 9.17) is 9.97 Å². The molecule has 11 rings (SSSR count). The van der Waals surface area contributed by atoms with Crippen molar-refractivity contribution in [3.8, 4) is 39.5 Å². The SMILES string of the molecule is c1ccc(-c2ccc(Nc3ccc4sc5ccc6c7ccccc7n(-c7nc(-c8ccccc8)c8ccccc8n7)c6c5c4c3-c3ccccc3)cc2)cc1. The molecular weight excluding hydrogens is 689 g/mol. The van der Waals surface area contributed by atoms with Gasteiger partial charge in [0.1, 0.15) is 0 Å². The molecule has 55 heavy (non-hydrogen) atoms. The van der Waals surface area contributed by atoms with E-state index in [0.29, 0.717) is 5.95 Å². The lowest BCUT2D eigenvalue weighted by molar-refractivity contribution is 1.02. The number of thiophene rings is 1. The van der Waals surface area contributed by atoms with Gasteiger partial charge in [-0.15, -0.1) is 11.3 Å². The molecule has 0 aliphatic heterocycles. The topological polar surface area (TPSA) is 42.7 Å². The van der Waals surface area contributed by atoms with E-state index >= 15 is 0 Å². The Labute approximate surface area is 321 Å². The van der Waals surface area contributed by atoms with Crippen molar-refractivity contribution in [2.45, 2.75) is 0 Å². The zero-order chi connectivity index (χ0) is 36.3. The highest BCUT2D eigenvalue weighted by molar-refractivity contribution is 7.26. The van der Waals surface area contributed by atoms with Crippen LogP contribution in [0.25, 0.3) is 92.3 Å². The molecule has 258 valence electrons. The molecule has 0 aliphatic carbocycles. The first kappa shape index (κ1) is 31.4. The molecule has 0 saturated heterocycles. The molecule has 5 heteroatoms. The third-order valence-electron chi connectivity index (χ3n) is 10.6. The molecule has 0 unspecified atom stereocenters. The number of hydrogen-bond donors (Lipinski definition) is 1. The Balaban J connectivity index is 1.21. The Morgan fingerprint density at radius 3 is 1.80 bits per heavy atom. The normalized spacial score (nSPS) is 11.6. The average molecular weight is 721 g/mol. The number of aromatic nitrogens is 3. The lowest BCUT2D eigenvalue weighted by Crippen LogP contribution is -2.03. The molecule has 0 radical (unpaired) electrons. The quantitative estimate of drug-likeness (QED) is 0.186. The number of nitrogens with one attached hydrogen (secondary N) is 1. The van der Waals surface area contributed by atoms with Gasteiger partial charge in [0.15, 0.2) is 0 Å². The number of nitrogens with zero attached hydrogens (tertiary/aromatic N) is 3. The Kier molecular flexibility index (Phi) is 7.32. The smallest absolute Gasteiger partial charge is 0.235 e. The number of hydrogen-bond acceptors (Lipinski definition) is 4. The number of benzene rings is 8. The van der Waals surface area contributed by atoms with Gasteiger partial charge in [0.2, 0.25) is 5.95 Å². The van der Waals surface area contributed by atoms with Crippen LogP contribution in [0.1, 0.15) is 0 Å². The Hall–Kier alpha value is -7.08. The molecule has 4 nitrogen and oxygen atoms in total. The molecule has 0 atom stereocenters. The Morgan fingerprint density at radius 1 is 0.436 bits per heavy atom. The minimum Gasteiger partial charge on any atom is -0.355 e. The summed E-state index contributed by atoms with van der Waals surface area (Å²) in [5.74, 6) is 0.657. The maximum atomic E-state index is 5.41. The fraction of sp³-hybridized carbons (Fsp3) is 0. The molecule has 8 aromatic carbocycles. The summed E-state index contributed by atoms with van der Waals surface area (Å²) in [6.45, 7) is 0. The van der Waals surface area contributed by atoms with E-state index in [1.807, 2.05) is 17.4 Å². The second kappa shape index (κ2) is 12.8. The lowest BCUT2D eigenvalue weighted by atomic mass is 9.96. The number of para-hydroxylation sites is 2. The first-order chi connectivity index (χ1) is 27.3. The van der Waals surface area contributed by atoms with E-state index in [0.717, 1.165) is 50.1 Å². The van der Waals surface area contributed by atoms with Crippen LogP contribution in [-0.2, 0) is 0 Å². The molecule has 0 fully saturated rings. The van der Waals surface area contributed by atoms with E-state index < -0.39 is 0 Å². The van der Waals surface area contributed by atoms with Gasteiger partial charge >= 0.3 is 0 Å². The van der Waals surface area contributed by atoms with Gasteiger partial charge in [-0.3, -0.25) is 4.57 Å². The van der Waals surface area contributed by atoms with Crippen LogP contribution in [0.5, 0.6) is 0 Å². The van der Waals surface area contributed by atoms with Crippen LogP contribution in [0, 0.1) is 0 Å². The van der Waals surface area contributed by atoms with E-state index in [1.165, 1.54) is 47.6 Å². The van der Waals surface area contributed by atoms with Crippen molar-refractivity contribution in [2.24, 2.45) is 0 Å². The van der Waals surface area contributed by atoms with E-state index in [2.05, 4.69) is 192 Å². The zero-order valence-electron chi connectivity index (χ0n) is 29.6. The van der Waals surface area contributed by atoms with Crippen molar-refractivity contribution in [3.63, 3.8) is 0 Å². The molecule has 1 N–H and O–H groups in total. The predicted octanol–water partition coefficient (Wildman–Crippen LogP) is 13.8. The fourth-order valence-electron chi connectivity index (χ4n) is 8.13. The van der Waals surface area contributed by atoms with Crippen LogP contribution in [-0.4, -0.2) is 14.5 Å². The molecule has 3 aromatic heterocycles. The monoisotopic (exact) mass is 720 g/mol. The van der Waals surface area contributed by atoms with Crippen molar-refractivity contribution < 1.29 is 0 Å². The van der Waals surface area contributed by atoms with Gasteiger partial charge in [-0.25, -0.2) is 9.97 Å². The lowest BCUT2D eigenvalue weighted by Gasteiger charge is -2.16. The van der Waals surface area contributed by atoms with Crippen molar-refractivity contribution >= 4 is 75.6 Å². The second-order valence-electron chi connectivity index (χ2n) is 13.8. The highest BCUT2D eigenvalue weighted by Gasteiger charge is 2.23. The van der Waals surface area contributed by atoms with Crippen LogP contribution in [0.2, 0.25) is 0 Å². The summed E-state index contributed by atoms with van der Waals surface area (Å²) in [5.41, 5.74) is 11.9. The Bertz CT molecular complexity index is 3200. The van der Waals surface area contributed by atoms with Gasteiger partial charge in [0.25, 0.3) is 0 Å². The highest BCUT2D eigenvalue weighted by atomic mass is 32.1. The fourth-order valence-corrected chi connectivity index (χ4v) is 9.25. The van der Waals surface area contributed by atoms with Crippen molar-refractivity contribution in [1.29, 1.82) is 0 Å². The Morgan fingerprint density at radius 2 is 1.04 bits per heavy atom. The minimum atomic E-state index is 0.657. The van der Waals surface area contributed by atoms with E-state index in [9.17, 15) is 0 Å². The maximum absolute atomic E-state index is 5.41. The van der Waals surface area contributed by atoms with Gasteiger partial charge in [0, 0.05) is 58.8 Å². The highest BCUT2D eigenvalue weighted by Crippen LogP contribution is 2.48. The van der Waals surface area contributed by atoms with Gasteiger partial charge in [-0.2, -0.15) is 0 Å². The number of fused-ring (bicyclic) bond motifs is 8. The van der Waals surface area contributed by atoms with Crippen LogP contribution in [0.3, 0.4) is 0 Å². The van der Waals surface area contributed by atoms with Crippen LogP contribution >= 0.6 is 11.3 Å². The second-order valence-corrected chi connectivity index (χ2v) is 14.9. The van der Waals surface area contributed by atoms with Crippen molar-refractivity contribution in [2.75, 3.05) is 5.32 Å². The summed E-state index contributed by atoms with van der Waals surface area (Å²) >= 11 is 1.83. The van der Waals surface area contributed by atoms with Crippen molar-refractivity contribution in [3.05, 3.63) is 188 Å². The molecule has 0 saturated carbocycles. The molecule has 11 aromatic rings. The zero-order valence-corrected chi connectivity index (χ0v) is 30.5. The summed E-state index contributed by atoms with van der Waals surface area (Å²) in [4.78, 5) is 10.7. The molecule has 0 amide bonds.